The Bertz CT molecular complexity index is 741. The molecule has 1 aromatic carbocycles. The lowest BCUT2D eigenvalue weighted by atomic mass is 10.2. The molecule has 0 radical (unpaired) electrons. The van der Waals surface area contributed by atoms with Gasteiger partial charge in [0.15, 0.2) is 6.10 Å². The second kappa shape index (κ2) is 7.44. The molecule has 2 aromatic rings. The van der Waals surface area contributed by atoms with Crippen LogP contribution in [0.4, 0.5) is 10.2 Å². The van der Waals surface area contributed by atoms with Gasteiger partial charge in [0.1, 0.15) is 17.2 Å². The number of hydrogen-bond acceptors (Lipinski definition) is 4. The quantitative estimate of drug-likeness (QED) is 0.836. The molecule has 1 aromatic heterocycles. The molecule has 1 atom stereocenters. The van der Waals surface area contributed by atoms with Crippen LogP contribution < -0.4 is 5.32 Å². The largest absolute Gasteiger partial charge is 0.449 e. The highest BCUT2D eigenvalue weighted by Gasteiger charge is 2.24. The number of aromatic nitrogens is 2. The van der Waals surface area contributed by atoms with E-state index in [9.17, 15) is 14.0 Å². The SMILES string of the molecule is CC(C)n1nccc1NC(=O)[C@H](C)OC(=O)c1c(F)cccc1Cl. The van der Waals surface area contributed by atoms with Crippen LogP contribution >= 0.6 is 11.6 Å². The molecule has 1 heterocycles. The Kier molecular flexibility index (Phi) is 5.56. The number of benzene rings is 1. The molecule has 0 aliphatic heterocycles. The van der Waals surface area contributed by atoms with Gasteiger partial charge in [-0.1, -0.05) is 17.7 Å². The fourth-order valence-electron chi connectivity index (χ4n) is 2.02. The molecular weight excluding hydrogens is 337 g/mol. The van der Waals surface area contributed by atoms with Gasteiger partial charge in [0.2, 0.25) is 0 Å². The number of nitrogens with zero attached hydrogens (tertiary/aromatic N) is 2. The van der Waals surface area contributed by atoms with Crippen LogP contribution in [0, 0.1) is 5.82 Å². The van der Waals surface area contributed by atoms with Gasteiger partial charge in [-0.3, -0.25) is 4.79 Å². The minimum Gasteiger partial charge on any atom is -0.449 e. The maximum Gasteiger partial charge on any atom is 0.343 e. The van der Waals surface area contributed by atoms with Crippen LogP contribution in [0.5, 0.6) is 0 Å². The molecule has 24 heavy (non-hydrogen) atoms. The lowest BCUT2D eigenvalue weighted by molar-refractivity contribution is -0.123. The molecule has 0 unspecified atom stereocenters. The number of amides is 1. The number of ether oxygens (including phenoxy) is 1. The first-order chi connectivity index (χ1) is 11.3. The number of esters is 1. The van der Waals surface area contributed by atoms with Crippen LogP contribution in [-0.4, -0.2) is 27.8 Å². The summed E-state index contributed by atoms with van der Waals surface area (Å²) in [6.07, 6.45) is 0.412. The van der Waals surface area contributed by atoms with Gasteiger partial charge in [-0.05, 0) is 32.9 Å². The van der Waals surface area contributed by atoms with Crippen molar-refractivity contribution in [1.29, 1.82) is 0 Å². The summed E-state index contributed by atoms with van der Waals surface area (Å²) in [5, 5.41) is 6.62. The van der Waals surface area contributed by atoms with Crippen LogP contribution in [0.1, 0.15) is 37.2 Å². The fraction of sp³-hybridized carbons (Fsp3) is 0.312. The van der Waals surface area contributed by atoms with Crippen LogP contribution in [-0.2, 0) is 9.53 Å². The molecule has 0 bridgehead atoms. The topological polar surface area (TPSA) is 73.2 Å². The summed E-state index contributed by atoms with van der Waals surface area (Å²) in [6, 6.07) is 5.50. The van der Waals surface area contributed by atoms with E-state index in [2.05, 4.69) is 10.4 Å². The van der Waals surface area contributed by atoms with E-state index in [0.717, 1.165) is 6.07 Å². The number of anilines is 1. The average molecular weight is 354 g/mol. The van der Waals surface area contributed by atoms with Crippen molar-refractivity contribution in [3.8, 4) is 0 Å². The smallest absolute Gasteiger partial charge is 0.343 e. The van der Waals surface area contributed by atoms with Crippen LogP contribution in [0.15, 0.2) is 30.5 Å². The molecule has 0 saturated heterocycles. The Morgan fingerprint density at radius 1 is 1.29 bits per heavy atom. The summed E-state index contributed by atoms with van der Waals surface area (Å²) in [7, 11) is 0. The van der Waals surface area contributed by atoms with E-state index >= 15 is 0 Å². The van der Waals surface area contributed by atoms with E-state index in [1.165, 1.54) is 19.1 Å². The zero-order valence-electron chi connectivity index (χ0n) is 13.4. The maximum absolute atomic E-state index is 13.7. The fourth-order valence-corrected chi connectivity index (χ4v) is 2.26. The van der Waals surface area contributed by atoms with E-state index in [4.69, 9.17) is 16.3 Å². The third kappa shape index (κ3) is 3.91. The van der Waals surface area contributed by atoms with Gasteiger partial charge in [0.25, 0.3) is 5.91 Å². The van der Waals surface area contributed by atoms with Crippen molar-refractivity contribution in [2.24, 2.45) is 0 Å². The predicted octanol–water partition coefficient (Wildman–Crippen LogP) is 3.44. The molecule has 0 fully saturated rings. The van der Waals surface area contributed by atoms with Crippen molar-refractivity contribution < 1.29 is 18.7 Å². The molecule has 1 N–H and O–H groups in total. The maximum atomic E-state index is 13.7. The molecule has 0 aliphatic rings. The molecule has 0 saturated carbocycles. The number of carbonyl (C=O) groups is 2. The Morgan fingerprint density at radius 3 is 2.62 bits per heavy atom. The number of nitrogens with one attached hydrogen (secondary N) is 1. The van der Waals surface area contributed by atoms with Crippen molar-refractivity contribution in [2.75, 3.05) is 5.32 Å². The third-order valence-electron chi connectivity index (χ3n) is 3.23. The third-order valence-corrected chi connectivity index (χ3v) is 3.55. The first-order valence-corrected chi connectivity index (χ1v) is 7.68. The molecule has 0 aliphatic carbocycles. The number of halogens is 2. The lowest BCUT2D eigenvalue weighted by Gasteiger charge is -2.16. The summed E-state index contributed by atoms with van der Waals surface area (Å²) < 4.78 is 20.3. The van der Waals surface area contributed by atoms with Gasteiger partial charge in [0.05, 0.1) is 11.2 Å². The van der Waals surface area contributed by atoms with Gasteiger partial charge >= 0.3 is 5.97 Å². The van der Waals surface area contributed by atoms with Gasteiger partial charge in [-0.25, -0.2) is 13.9 Å². The van der Waals surface area contributed by atoms with Gasteiger partial charge in [-0.15, -0.1) is 0 Å². The number of hydrogen-bond donors (Lipinski definition) is 1. The Labute approximate surface area is 143 Å². The van der Waals surface area contributed by atoms with Crippen LogP contribution in [0.25, 0.3) is 0 Å². The minimum atomic E-state index is -1.14. The van der Waals surface area contributed by atoms with Crippen molar-refractivity contribution in [1.82, 2.24) is 9.78 Å². The Morgan fingerprint density at radius 2 is 2.00 bits per heavy atom. The second-order valence-corrected chi connectivity index (χ2v) is 5.80. The summed E-state index contributed by atoms with van der Waals surface area (Å²) in [6.45, 7) is 5.21. The van der Waals surface area contributed by atoms with Gasteiger partial charge < -0.3 is 10.1 Å². The number of carbonyl (C=O) groups excluding carboxylic acids is 2. The van der Waals surface area contributed by atoms with Gasteiger partial charge in [-0.2, -0.15) is 5.10 Å². The van der Waals surface area contributed by atoms with E-state index < -0.39 is 29.4 Å². The van der Waals surface area contributed by atoms with Crippen molar-refractivity contribution in [3.05, 3.63) is 46.9 Å². The van der Waals surface area contributed by atoms with Crippen LogP contribution in [0.3, 0.4) is 0 Å². The van der Waals surface area contributed by atoms with E-state index in [1.54, 1.807) is 16.9 Å². The monoisotopic (exact) mass is 353 g/mol. The molecular formula is C16H17ClFN3O3. The summed E-state index contributed by atoms with van der Waals surface area (Å²) in [5.41, 5.74) is -0.397. The zero-order valence-corrected chi connectivity index (χ0v) is 14.2. The Hall–Kier alpha value is -2.41. The highest BCUT2D eigenvalue weighted by Crippen LogP contribution is 2.21. The van der Waals surface area contributed by atoms with Crippen molar-refractivity contribution in [3.63, 3.8) is 0 Å². The highest BCUT2D eigenvalue weighted by atomic mass is 35.5. The normalized spacial score (nSPS) is 12.1. The second-order valence-electron chi connectivity index (χ2n) is 5.39. The van der Waals surface area contributed by atoms with E-state index in [-0.39, 0.29) is 11.1 Å². The summed E-state index contributed by atoms with van der Waals surface area (Å²) in [4.78, 5) is 24.2. The molecule has 128 valence electrons. The van der Waals surface area contributed by atoms with Crippen molar-refractivity contribution in [2.45, 2.75) is 32.9 Å². The lowest BCUT2D eigenvalue weighted by Crippen LogP contribution is -2.31. The summed E-state index contributed by atoms with van der Waals surface area (Å²) in [5.74, 6) is -1.89. The van der Waals surface area contributed by atoms with Crippen molar-refractivity contribution >= 4 is 29.3 Å². The standard InChI is InChI=1S/C16H17ClFN3O3/c1-9(2)21-13(7-8-19-21)20-15(22)10(3)24-16(23)14-11(17)5-4-6-12(14)18/h4-10H,1-3H3,(H,20,22)/t10-/m0/s1. The van der Waals surface area contributed by atoms with Crippen LogP contribution in [0.2, 0.25) is 5.02 Å². The van der Waals surface area contributed by atoms with E-state index in [1.807, 2.05) is 13.8 Å². The number of rotatable bonds is 5. The molecule has 0 spiro atoms. The minimum absolute atomic E-state index is 0.0466. The average Bonchev–Trinajstić information content (AvgIpc) is 2.95. The zero-order chi connectivity index (χ0) is 17.9. The molecule has 1 amide bonds. The first-order valence-electron chi connectivity index (χ1n) is 7.30. The first kappa shape index (κ1) is 17.9. The summed E-state index contributed by atoms with van der Waals surface area (Å²) >= 11 is 5.81. The predicted molar refractivity (Wildman–Crippen MR) is 87.5 cm³/mol. The molecule has 2 rings (SSSR count). The molecule has 8 heteroatoms. The van der Waals surface area contributed by atoms with E-state index in [0.29, 0.717) is 5.82 Å². The molecule has 6 nitrogen and oxygen atoms in total. The Balaban J connectivity index is 2.06. The highest BCUT2D eigenvalue weighted by molar-refractivity contribution is 6.33. The van der Waals surface area contributed by atoms with Gasteiger partial charge in [0, 0.05) is 12.1 Å².